The molecule has 0 bridgehead atoms. The number of imidazole rings is 1. The minimum Gasteiger partial charge on any atom is -0.326 e. The molecule has 0 saturated carbocycles. The molecule has 0 spiro atoms. The molecule has 7 heteroatoms. The number of likely N-dealkylation sites (N-methyl/N-ethyl adjacent to an activating group) is 1. The molecule has 0 atom stereocenters. The number of fused-ring (bicyclic) bond motifs is 1. The first-order chi connectivity index (χ1) is 16.0. The monoisotopic (exact) mass is 457 g/mol. The Labute approximate surface area is 197 Å². The summed E-state index contributed by atoms with van der Waals surface area (Å²) in [5.74, 6) is 0.934. The average molecular weight is 458 g/mol. The number of amides is 2. The maximum absolute atomic E-state index is 12.1. The van der Waals surface area contributed by atoms with Crippen molar-refractivity contribution in [3.8, 4) is 10.4 Å². The fourth-order valence-electron chi connectivity index (χ4n) is 4.30. The van der Waals surface area contributed by atoms with Crippen LogP contribution in [-0.2, 0) is 13.1 Å². The molecule has 1 fully saturated rings. The Hall–Kier alpha value is -3.45. The Kier molecular flexibility index (Phi) is 5.72. The second-order valence-corrected chi connectivity index (χ2v) is 9.28. The normalized spacial score (nSPS) is 14.3. The number of aromatic nitrogens is 3. The van der Waals surface area contributed by atoms with Crippen molar-refractivity contribution in [2.45, 2.75) is 26.9 Å². The number of benzene rings is 1. The van der Waals surface area contributed by atoms with Gasteiger partial charge < -0.3 is 14.4 Å². The van der Waals surface area contributed by atoms with Gasteiger partial charge in [-0.2, -0.15) is 0 Å². The maximum Gasteiger partial charge on any atom is 0.320 e. The lowest BCUT2D eigenvalue weighted by atomic mass is 10.1. The lowest BCUT2D eigenvalue weighted by Crippen LogP contribution is -2.29. The molecule has 0 aliphatic carbocycles. The van der Waals surface area contributed by atoms with Gasteiger partial charge in [0.2, 0.25) is 0 Å². The molecule has 168 valence electrons. The number of carbonyl (C=O) groups excluding carboxylic acids is 1. The molecule has 0 radical (unpaired) electrons. The Morgan fingerprint density at radius 1 is 1.12 bits per heavy atom. The first-order valence-electron chi connectivity index (χ1n) is 11.2. The van der Waals surface area contributed by atoms with Crippen molar-refractivity contribution in [3.05, 3.63) is 70.6 Å². The number of hydrogen-bond donors (Lipinski definition) is 0. The summed E-state index contributed by atoms with van der Waals surface area (Å²) in [7, 11) is 1.83. The van der Waals surface area contributed by atoms with Gasteiger partial charge in [-0.1, -0.05) is 18.2 Å². The predicted octanol–water partition coefficient (Wildman–Crippen LogP) is 5.53. The van der Waals surface area contributed by atoms with E-state index in [2.05, 4.69) is 65.2 Å². The minimum absolute atomic E-state index is 0.0661. The van der Waals surface area contributed by atoms with Crippen molar-refractivity contribution in [1.82, 2.24) is 24.3 Å². The highest BCUT2D eigenvalue weighted by Gasteiger charge is 2.25. The first-order valence-corrected chi connectivity index (χ1v) is 12.1. The zero-order chi connectivity index (χ0) is 22.9. The van der Waals surface area contributed by atoms with E-state index >= 15 is 0 Å². The standard InChI is InChI=1S/C26H27N5OS/c1-4-31-22-7-5-6-21(25-18(2)12-15-33-25)24(22)28-23(31)11-9-19-8-10-20(27-16-19)17-30-14-13-29(3)26(30)32/h5-12,15-16H,4,13-14,17H2,1-3H3/b11-9+. The molecule has 3 aromatic heterocycles. The Bertz CT molecular complexity index is 1330. The molecule has 6 nitrogen and oxygen atoms in total. The molecule has 4 aromatic rings. The van der Waals surface area contributed by atoms with Crippen LogP contribution in [0.15, 0.2) is 48.0 Å². The van der Waals surface area contributed by atoms with E-state index in [0.717, 1.165) is 47.7 Å². The summed E-state index contributed by atoms with van der Waals surface area (Å²) in [4.78, 5) is 26.5. The molecular formula is C26H27N5OS. The highest BCUT2D eigenvalue weighted by atomic mass is 32.1. The molecule has 1 saturated heterocycles. The van der Waals surface area contributed by atoms with Gasteiger partial charge in [-0.3, -0.25) is 4.98 Å². The number of para-hydroxylation sites is 1. The van der Waals surface area contributed by atoms with Crippen LogP contribution in [0.25, 0.3) is 33.6 Å². The van der Waals surface area contributed by atoms with Gasteiger partial charge >= 0.3 is 6.03 Å². The number of pyridine rings is 1. The average Bonchev–Trinajstić information content (AvgIpc) is 3.51. The minimum atomic E-state index is 0.0661. The number of carbonyl (C=O) groups is 1. The summed E-state index contributed by atoms with van der Waals surface area (Å²) in [6.07, 6.45) is 5.97. The van der Waals surface area contributed by atoms with Crippen LogP contribution in [0, 0.1) is 6.92 Å². The third-order valence-electron chi connectivity index (χ3n) is 6.16. The third-order valence-corrected chi connectivity index (χ3v) is 7.21. The van der Waals surface area contributed by atoms with Crippen LogP contribution in [0.5, 0.6) is 0 Å². The number of aryl methyl sites for hydroxylation is 2. The van der Waals surface area contributed by atoms with Gasteiger partial charge in [-0.25, -0.2) is 9.78 Å². The second-order valence-electron chi connectivity index (χ2n) is 8.36. The molecule has 2 amide bonds. The number of hydrogen-bond acceptors (Lipinski definition) is 4. The van der Waals surface area contributed by atoms with E-state index in [-0.39, 0.29) is 6.03 Å². The van der Waals surface area contributed by atoms with Crippen molar-refractivity contribution in [2.24, 2.45) is 0 Å². The Balaban J connectivity index is 1.40. The van der Waals surface area contributed by atoms with Gasteiger partial charge in [-0.15, -0.1) is 11.3 Å². The summed E-state index contributed by atoms with van der Waals surface area (Å²) in [5.41, 5.74) is 6.56. The topological polar surface area (TPSA) is 54.3 Å². The highest BCUT2D eigenvalue weighted by molar-refractivity contribution is 7.13. The molecule has 33 heavy (non-hydrogen) atoms. The summed E-state index contributed by atoms with van der Waals surface area (Å²) >= 11 is 1.76. The van der Waals surface area contributed by atoms with Gasteiger partial charge in [0.05, 0.1) is 23.3 Å². The van der Waals surface area contributed by atoms with Gasteiger partial charge in [0, 0.05) is 43.3 Å². The molecule has 4 heterocycles. The fraction of sp³-hybridized carbons (Fsp3) is 0.269. The van der Waals surface area contributed by atoms with Crippen molar-refractivity contribution < 1.29 is 4.79 Å². The summed E-state index contributed by atoms with van der Waals surface area (Å²) in [5, 5.41) is 2.13. The molecule has 1 aliphatic rings. The van der Waals surface area contributed by atoms with Crippen LogP contribution in [0.1, 0.15) is 29.6 Å². The zero-order valence-electron chi connectivity index (χ0n) is 19.2. The van der Waals surface area contributed by atoms with E-state index in [0.29, 0.717) is 6.54 Å². The third kappa shape index (κ3) is 4.04. The van der Waals surface area contributed by atoms with Crippen LogP contribution in [0.2, 0.25) is 0 Å². The number of nitrogens with zero attached hydrogens (tertiary/aromatic N) is 5. The molecule has 0 unspecified atom stereocenters. The highest BCUT2D eigenvalue weighted by Crippen LogP contribution is 2.34. The Morgan fingerprint density at radius 3 is 2.67 bits per heavy atom. The fourth-order valence-corrected chi connectivity index (χ4v) is 5.25. The summed E-state index contributed by atoms with van der Waals surface area (Å²) < 4.78 is 2.25. The van der Waals surface area contributed by atoms with Crippen molar-refractivity contribution in [2.75, 3.05) is 20.1 Å². The van der Waals surface area contributed by atoms with E-state index in [1.54, 1.807) is 16.2 Å². The number of urea groups is 1. The van der Waals surface area contributed by atoms with Crippen LogP contribution >= 0.6 is 11.3 Å². The van der Waals surface area contributed by atoms with Gasteiger partial charge in [-0.05, 0) is 60.7 Å². The van der Waals surface area contributed by atoms with E-state index in [4.69, 9.17) is 4.98 Å². The zero-order valence-corrected chi connectivity index (χ0v) is 20.0. The van der Waals surface area contributed by atoms with Crippen LogP contribution in [0.4, 0.5) is 4.79 Å². The first kappa shape index (κ1) is 21.4. The maximum atomic E-state index is 12.1. The van der Waals surface area contributed by atoms with Gasteiger partial charge in [0.25, 0.3) is 0 Å². The number of rotatable bonds is 6. The van der Waals surface area contributed by atoms with E-state index in [1.807, 2.05) is 30.3 Å². The van der Waals surface area contributed by atoms with Gasteiger partial charge in [0.15, 0.2) is 0 Å². The van der Waals surface area contributed by atoms with Crippen molar-refractivity contribution in [3.63, 3.8) is 0 Å². The summed E-state index contributed by atoms with van der Waals surface area (Å²) in [6.45, 7) is 7.21. The number of thiophene rings is 1. The van der Waals surface area contributed by atoms with E-state index in [9.17, 15) is 4.79 Å². The molecular weight excluding hydrogens is 430 g/mol. The molecule has 5 rings (SSSR count). The smallest absolute Gasteiger partial charge is 0.320 e. The van der Waals surface area contributed by atoms with Crippen LogP contribution in [-0.4, -0.2) is 50.5 Å². The largest absolute Gasteiger partial charge is 0.326 e. The van der Waals surface area contributed by atoms with Crippen molar-refractivity contribution in [1.29, 1.82) is 0 Å². The van der Waals surface area contributed by atoms with Crippen LogP contribution in [0.3, 0.4) is 0 Å². The molecule has 1 aliphatic heterocycles. The van der Waals surface area contributed by atoms with Crippen molar-refractivity contribution >= 4 is 40.6 Å². The van der Waals surface area contributed by atoms with Crippen LogP contribution < -0.4 is 0 Å². The van der Waals surface area contributed by atoms with Gasteiger partial charge in [0.1, 0.15) is 5.82 Å². The summed E-state index contributed by atoms with van der Waals surface area (Å²) in [6, 6.07) is 12.7. The lowest BCUT2D eigenvalue weighted by Gasteiger charge is -2.15. The predicted molar refractivity (Wildman–Crippen MR) is 135 cm³/mol. The van der Waals surface area contributed by atoms with E-state index < -0.39 is 0 Å². The van der Waals surface area contributed by atoms with E-state index in [1.165, 1.54) is 16.0 Å². The Morgan fingerprint density at radius 2 is 2.00 bits per heavy atom. The molecule has 1 aromatic carbocycles. The SMILES string of the molecule is CCn1c(/C=C/c2ccc(CN3CCN(C)C3=O)nc2)nc2c(-c3sccc3C)cccc21. The molecule has 0 N–H and O–H groups in total. The second kappa shape index (κ2) is 8.83. The lowest BCUT2D eigenvalue weighted by molar-refractivity contribution is 0.196. The quantitative estimate of drug-likeness (QED) is 0.383.